The average Bonchev–Trinajstić information content (AvgIpc) is 2.78. The lowest BCUT2D eigenvalue weighted by Crippen LogP contribution is -2.42. The van der Waals surface area contributed by atoms with E-state index in [4.69, 9.17) is 4.74 Å². The maximum absolute atomic E-state index is 12.5. The van der Waals surface area contributed by atoms with Crippen molar-refractivity contribution < 1.29 is 31.1 Å². The fourth-order valence-electron chi connectivity index (χ4n) is 4.59. The first-order valence-electron chi connectivity index (χ1n) is 11.1. The Hall–Kier alpha value is -2.06. The van der Waals surface area contributed by atoms with Gasteiger partial charge in [-0.05, 0) is 74.4 Å². The molecule has 2 saturated heterocycles. The zero-order chi connectivity index (χ0) is 24.2. The van der Waals surface area contributed by atoms with Crippen molar-refractivity contribution in [2.45, 2.75) is 57.1 Å². The molecule has 2 aliphatic heterocycles. The third-order valence-corrected chi connectivity index (χ3v) is 6.46. The van der Waals surface area contributed by atoms with E-state index in [1.807, 2.05) is 0 Å². The minimum Gasteiger partial charge on any atom is -0.377 e. The van der Waals surface area contributed by atoms with Crippen molar-refractivity contribution in [1.82, 2.24) is 4.90 Å². The summed E-state index contributed by atoms with van der Waals surface area (Å²) in [6.45, 7) is 4.03. The summed E-state index contributed by atoms with van der Waals surface area (Å²) >= 11 is 0. The predicted octanol–water partition coefficient (Wildman–Crippen LogP) is 7.67. The van der Waals surface area contributed by atoms with Crippen LogP contribution in [0.2, 0.25) is 0 Å². The number of rotatable bonds is 3. The molecule has 0 aliphatic carbocycles. The second-order valence-electron chi connectivity index (χ2n) is 8.72. The van der Waals surface area contributed by atoms with Crippen LogP contribution in [0.15, 0.2) is 48.5 Å². The molecule has 2 aromatic rings. The molecule has 2 bridgehead atoms. The van der Waals surface area contributed by atoms with E-state index in [0.29, 0.717) is 18.2 Å². The summed E-state index contributed by atoms with van der Waals surface area (Å²) in [6, 6.07) is 13.2. The van der Waals surface area contributed by atoms with Crippen molar-refractivity contribution in [3.05, 3.63) is 70.8 Å². The molecule has 0 saturated carbocycles. The molecular formula is C25H29F6NO. The molecule has 0 spiro atoms. The first-order valence-corrected chi connectivity index (χ1v) is 11.1. The quantitative estimate of drug-likeness (QED) is 0.424. The summed E-state index contributed by atoms with van der Waals surface area (Å²) in [5.41, 5.74) is -1.31. The third kappa shape index (κ3) is 6.73. The summed E-state index contributed by atoms with van der Waals surface area (Å²) in [5, 5.41) is 0. The molecule has 2 fully saturated rings. The van der Waals surface area contributed by atoms with Gasteiger partial charge in [0.2, 0.25) is 0 Å². The van der Waals surface area contributed by atoms with Crippen LogP contribution in [0.1, 0.15) is 67.0 Å². The molecule has 1 unspecified atom stereocenters. The van der Waals surface area contributed by atoms with Crippen LogP contribution in [0, 0.1) is 5.92 Å². The standard InChI is InChI=1S/C14H19N.C11H10F6O/c1-2-6-13(7-3-1)14-9-8-12-5-4-10-15(14)11-12;1-6(18-2)7-3-8(10(12,13)14)5-9(4-7)11(15,16)17/h1-3,6-7,12,14H,4-5,8-11H2;3-6H,1-2H3/t12-,14-;6-/m01/s1. The molecule has 4 rings (SSSR count). The largest absolute Gasteiger partial charge is 0.416 e. The number of halogens is 6. The van der Waals surface area contributed by atoms with Gasteiger partial charge in [-0.25, -0.2) is 0 Å². The molecule has 33 heavy (non-hydrogen) atoms. The fraction of sp³-hybridized carbons (Fsp3) is 0.520. The number of hydrogen-bond donors (Lipinski definition) is 0. The molecule has 2 nitrogen and oxygen atoms in total. The van der Waals surface area contributed by atoms with Crippen molar-refractivity contribution >= 4 is 0 Å². The lowest BCUT2D eigenvalue weighted by atomic mass is 9.83. The lowest BCUT2D eigenvalue weighted by Gasteiger charge is -2.43. The molecule has 0 amide bonds. The number of ether oxygens (including phenoxy) is 1. The van der Waals surface area contributed by atoms with Gasteiger partial charge in [0.05, 0.1) is 17.2 Å². The van der Waals surface area contributed by atoms with Crippen LogP contribution in [0.5, 0.6) is 0 Å². The highest BCUT2D eigenvalue weighted by atomic mass is 19.4. The van der Waals surface area contributed by atoms with E-state index >= 15 is 0 Å². The number of fused-ring (bicyclic) bond motifs is 2. The Bertz CT molecular complexity index is 864. The Kier molecular flexibility index (Phi) is 8.11. The van der Waals surface area contributed by atoms with Gasteiger partial charge in [-0.3, -0.25) is 4.90 Å². The van der Waals surface area contributed by atoms with Gasteiger partial charge in [-0.2, -0.15) is 26.3 Å². The minimum atomic E-state index is -4.83. The molecule has 2 heterocycles. The van der Waals surface area contributed by atoms with E-state index in [1.165, 1.54) is 58.4 Å². The topological polar surface area (TPSA) is 12.5 Å². The van der Waals surface area contributed by atoms with Crippen LogP contribution in [-0.2, 0) is 17.1 Å². The summed E-state index contributed by atoms with van der Waals surface area (Å²) in [6.07, 6.45) is -4.82. The van der Waals surface area contributed by atoms with Gasteiger partial charge in [-0.15, -0.1) is 0 Å². The van der Waals surface area contributed by atoms with Crippen LogP contribution in [0.3, 0.4) is 0 Å². The Morgan fingerprint density at radius 1 is 0.879 bits per heavy atom. The highest BCUT2D eigenvalue weighted by molar-refractivity contribution is 5.34. The molecular weight excluding hydrogens is 444 g/mol. The Morgan fingerprint density at radius 3 is 2.03 bits per heavy atom. The van der Waals surface area contributed by atoms with E-state index in [0.717, 1.165) is 5.92 Å². The summed E-state index contributed by atoms with van der Waals surface area (Å²) < 4.78 is 79.7. The van der Waals surface area contributed by atoms with Crippen molar-refractivity contribution in [3.63, 3.8) is 0 Å². The fourth-order valence-corrected chi connectivity index (χ4v) is 4.59. The van der Waals surface area contributed by atoms with Crippen LogP contribution >= 0.6 is 0 Å². The highest BCUT2D eigenvalue weighted by Crippen LogP contribution is 2.39. The number of benzene rings is 2. The van der Waals surface area contributed by atoms with E-state index < -0.39 is 29.6 Å². The van der Waals surface area contributed by atoms with Crippen molar-refractivity contribution in [2.75, 3.05) is 20.2 Å². The van der Waals surface area contributed by atoms with E-state index in [9.17, 15) is 26.3 Å². The van der Waals surface area contributed by atoms with Gasteiger partial charge in [0.1, 0.15) is 0 Å². The second-order valence-corrected chi connectivity index (χ2v) is 8.72. The minimum absolute atomic E-state index is 0.0892. The second kappa shape index (κ2) is 10.5. The van der Waals surface area contributed by atoms with Gasteiger partial charge in [-0.1, -0.05) is 30.3 Å². The van der Waals surface area contributed by atoms with E-state index in [2.05, 4.69) is 35.2 Å². The van der Waals surface area contributed by atoms with Crippen LogP contribution in [0.4, 0.5) is 26.3 Å². The Labute approximate surface area is 190 Å². The molecule has 2 aliphatic rings. The molecule has 0 aromatic heterocycles. The predicted molar refractivity (Wildman–Crippen MR) is 115 cm³/mol. The van der Waals surface area contributed by atoms with Crippen LogP contribution < -0.4 is 0 Å². The van der Waals surface area contributed by atoms with E-state index in [-0.39, 0.29) is 11.6 Å². The Morgan fingerprint density at radius 2 is 1.48 bits per heavy atom. The average molecular weight is 474 g/mol. The van der Waals surface area contributed by atoms with Gasteiger partial charge in [0.15, 0.2) is 0 Å². The SMILES string of the molecule is CO[C@H](C)c1cc(C(F)(F)F)cc(C(F)(F)F)c1.c1ccc([C@@H]2CC[C@@H]3CCCN2C3)cc1. The third-order valence-electron chi connectivity index (χ3n) is 6.46. The van der Waals surface area contributed by atoms with Crippen LogP contribution in [-0.4, -0.2) is 25.1 Å². The van der Waals surface area contributed by atoms with Gasteiger partial charge < -0.3 is 4.74 Å². The summed E-state index contributed by atoms with van der Waals surface area (Å²) in [5.74, 6) is 0.999. The van der Waals surface area contributed by atoms with Crippen LogP contribution in [0.25, 0.3) is 0 Å². The number of alkyl halides is 6. The first kappa shape index (κ1) is 25.6. The lowest BCUT2D eigenvalue weighted by molar-refractivity contribution is -0.143. The Balaban J connectivity index is 0.000000188. The summed E-state index contributed by atoms with van der Waals surface area (Å²) in [4.78, 5) is 2.70. The zero-order valence-electron chi connectivity index (χ0n) is 18.7. The van der Waals surface area contributed by atoms with Gasteiger partial charge in [0, 0.05) is 19.7 Å². The monoisotopic (exact) mass is 473 g/mol. The van der Waals surface area contributed by atoms with Crippen molar-refractivity contribution in [1.29, 1.82) is 0 Å². The summed E-state index contributed by atoms with van der Waals surface area (Å²) in [7, 11) is 1.21. The highest BCUT2D eigenvalue weighted by Gasteiger charge is 2.37. The molecule has 0 radical (unpaired) electrons. The number of hydrogen-bond acceptors (Lipinski definition) is 2. The normalized spacial score (nSPS) is 23.9. The zero-order valence-corrected chi connectivity index (χ0v) is 18.7. The number of methoxy groups -OCH3 is 1. The molecule has 8 heteroatoms. The molecule has 2 aromatic carbocycles. The first-order chi connectivity index (χ1) is 15.5. The maximum Gasteiger partial charge on any atom is 0.416 e. The molecule has 0 N–H and O–H groups in total. The number of nitrogens with zero attached hydrogens (tertiary/aromatic N) is 1. The maximum atomic E-state index is 12.5. The smallest absolute Gasteiger partial charge is 0.377 e. The van der Waals surface area contributed by atoms with Gasteiger partial charge >= 0.3 is 12.4 Å². The molecule has 4 atom stereocenters. The molecule has 182 valence electrons. The van der Waals surface area contributed by atoms with E-state index in [1.54, 1.807) is 0 Å². The van der Waals surface area contributed by atoms with Crippen molar-refractivity contribution in [2.24, 2.45) is 5.92 Å². The van der Waals surface area contributed by atoms with Gasteiger partial charge in [0.25, 0.3) is 0 Å². The number of piperidine rings is 2. The van der Waals surface area contributed by atoms with Crippen molar-refractivity contribution in [3.8, 4) is 0 Å².